The van der Waals surface area contributed by atoms with Crippen LogP contribution in [0, 0.1) is 39.8 Å². The SMILES string of the molecule is CC1C(c2ccc(F)c(Br)c2)N2C=Cc3ccccc3C2C1(C#N)C#N. The van der Waals surface area contributed by atoms with Gasteiger partial charge in [-0.2, -0.15) is 10.5 Å². The summed E-state index contributed by atoms with van der Waals surface area (Å²) in [6.45, 7) is 1.93. The maximum absolute atomic E-state index is 13.7. The summed E-state index contributed by atoms with van der Waals surface area (Å²) in [5, 5.41) is 20.0. The van der Waals surface area contributed by atoms with Gasteiger partial charge in [0.05, 0.1) is 28.7 Å². The van der Waals surface area contributed by atoms with Crippen LogP contribution in [0.25, 0.3) is 6.08 Å². The Labute approximate surface area is 160 Å². The van der Waals surface area contributed by atoms with Crippen molar-refractivity contribution >= 4 is 22.0 Å². The van der Waals surface area contributed by atoms with Crippen molar-refractivity contribution in [2.24, 2.45) is 11.3 Å². The van der Waals surface area contributed by atoms with Crippen LogP contribution < -0.4 is 0 Å². The van der Waals surface area contributed by atoms with Crippen molar-refractivity contribution in [2.45, 2.75) is 19.0 Å². The molecule has 2 aliphatic rings. The highest BCUT2D eigenvalue weighted by Gasteiger charge is 2.59. The van der Waals surface area contributed by atoms with Crippen LogP contribution in [0.4, 0.5) is 4.39 Å². The molecule has 3 nitrogen and oxygen atoms in total. The Bertz CT molecular complexity index is 987. The average Bonchev–Trinajstić information content (AvgIpc) is 2.92. The van der Waals surface area contributed by atoms with Crippen LogP contribution in [-0.4, -0.2) is 4.90 Å². The molecule has 128 valence electrons. The third-order valence-corrected chi connectivity index (χ3v) is 6.22. The monoisotopic (exact) mass is 407 g/mol. The molecule has 0 amide bonds. The fraction of sp³-hybridized carbons (Fsp3) is 0.238. The largest absolute Gasteiger partial charge is 0.360 e. The van der Waals surface area contributed by atoms with Crippen LogP contribution in [0.3, 0.4) is 0 Å². The van der Waals surface area contributed by atoms with E-state index in [9.17, 15) is 14.9 Å². The highest BCUT2D eigenvalue weighted by atomic mass is 79.9. The van der Waals surface area contributed by atoms with E-state index < -0.39 is 5.41 Å². The quantitative estimate of drug-likeness (QED) is 0.640. The van der Waals surface area contributed by atoms with Gasteiger partial charge >= 0.3 is 0 Å². The lowest BCUT2D eigenvalue weighted by atomic mass is 9.71. The minimum Gasteiger partial charge on any atom is -0.360 e. The maximum Gasteiger partial charge on any atom is 0.172 e. The minimum atomic E-state index is -1.19. The number of halogens is 2. The zero-order valence-electron chi connectivity index (χ0n) is 14.0. The number of benzene rings is 2. The van der Waals surface area contributed by atoms with Crippen LogP contribution in [0.5, 0.6) is 0 Å². The Morgan fingerprint density at radius 2 is 1.88 bits per heavy atom. The number of hydrogen-bond donors (Lipinski definition) is 0. The lowest BCUT2D eigenvalue weighted by Crippen LogP contribution is -2.31. The molecule has 0 radical (unpaired) electrons. The van der Waals surface area contributed by atoms with Gasteiger partial charge < -0.3 is 4.90 Å². The molecule has 0 saturated carbocycles. The van der Waals surface area contributed by atoms with E-state index >= 15 is 0 Å². The predicted octanol–water partition coefficient (Wildman–Crippen LogP) is 5.34. The highest BCUT2D eigenvalue weighted by molar-refractivity contribution is 9.10. The van der Waals surface area contributed by atoms with Crippen LogP contribution in [0.15, 0.2) is 53.1 Å². The second-order valence-corrected chi connectivity index (χ2v) is 7.65. The van der Waals surface area contributed by atoms with E-state index in [2.05, 4.69) is 33.0 Å². The van der Waals surface area contributed by atoms with Crippen molar-refractivity contribution in [2.75, 3.05) is 0 Å². The molecule has 0 bridgehead atoms. The number of fused-ring (bicyclic) bond motifs is 3. The Balaban J connectivity index is 1.93. The molecule has 0 N–H and O–H groups in total. The second-order valence-electron chi connectivity index (χ2n) is 6.79. The van der Waals surface area contributed by atoms with Crippen LogP contribution >= 0.6 is 15.9 Å². The van der Waals surface area contributed by atoms with E-state index in [0.29, 0.717) is 4.47 Å². The fourth-order valence-corrected chi connectivity index (χ4v) is 4.72. The predicted molar refractivity (Wildman–Crippen MR) is 99.7 cm³/mol. The van der Waals surface area contributed by atoms with Gasteiger partial charge in [0.2, 0.25) is 0 Å². The topological polar surface area (TPSA) is 50.8 Å². The van der Waals surface area contributed by atoms with E-state index in [1.807, 2.05) is 43.5 Å². The van der Waals surface area contributed by atoms with Crippen molar-refractivity contribution in [3.63, 3.8) is 0 Å². The van der Waals surface area contributed by atoms with Gasteiger partial charge in [-0.05, 0) is 50.8 Å². The van der Waals surface area contributed by atoms with Crippen molar-refractivity contribution in [3.8, 4) is 12.1 Å². The van der Waals surface area contributed by atoms with E-state index in [4.69, 9.17) is 0 Å². The van der Waals surface area contributed by atoms with Gasteiger partial charge in [0.15, 0.2) is 5.41 Å². The first kappa shape index (κ1) is 16.8. The second kappa shape index (κ2) is 5.97. The molecule has 0 spiro atoms. The molecule has 4 rings (SSSR count). The summed E-state index contributed by atoms with van der Waals surface area (Å²) in [4.78, 5) is 2.08. The number of nitriles is 2. The molecular formula is C21H15BrFN3. The lowest BCUT2D eigenvalue weighted by molar-refractivity contribution is 0.254. The summed E-state index contributed by atoms with van der Waals surface area (Å²) >= 11 is 3.25. The average molecular weight is 408 g/mol. The first-order chi connectivity index (χ1) is 12.5. The van der Waals surface area contributed by atoms with E-state index in [-0.39, 0.29) is 23.8 Å². The number of rotatable bonds is 1. The zero-order valence-corrected chi connectivity index (χ0v) is 15.6. The Hall–Kier alpha value is -2.63. The lowest BCUT2D eigenvalue weighted by Gasteiger charge is -2.35. The maximum atomic E-state index is 13.7. The molecule has 0 aromatic heterocycles. The van der Waals surface area contributed by atoms with Crippen LogP contribution in [0.1, 0.15) is 35.7 Å². The third kappa shape index (κ3) is 2.14. The van der Waals surface area contributed by atoms with E-state index in [0.717, 1.165) is 16.7 Å². The smallest absolute Gasteiger partial charge is 0.172 e. The molecular weight excluding hydrogens is 393 g/mol. The van der Waals surface area contributed by atoms with Crippen LogP contribution in [-0.2, 0) is 0 Å². The summed E-state index contributed by atoms with van der Waals surface area (Å²) in [6.07, 6.45) is 3.97. The Kier molecular flexibility index (Phi) is 3.86. The Morgan fingerprint density at radius 3 is 2.58 bits per heavy atom. The normalized spacial score (nSPS) is 25.1. The van der Waals surface area contributed by atoms with Gasteiger partial charge in [-0.3, -0.25) is 0 Å². The van der Waals surface area contributed by atoms with E-state index in [1.54, 1.807) is 12.1 Å². The summed E-state index contributed by atoms with van der Waals surface area (Å²) in [5.74, 6) is -0.585. The van der Waals surface area contributed by atoms with Gasteiger partial charge in [-0.15, -0.1) is 0 Å². The Morgan fingerprint density at radius 1 is 1.15 bits per heavy atom. The molecule has 2 aliphatic heterocycles. The molecule has 3 unspecified atom stereocenters. The van der Waals surface area contributed by atoms with Gasteiger partial charge in [0, 0.05) is 12.1 Å². The molecule has 2 heterocycles. The van der Waals surface area contributed by atoms with Crippen LogP contribution in [0.2, 0.25) is 0 Å². The molecule has 3 atom stereocenters. The van der Waals surface area contributed by atoms with Gasteiger partial charge in [0.1, 0.15) is 5.82 Å². The van der Waals surface area contributed by atoms with E-state index in [1.165, 1.54) is 6.07 Å². The fourth-order valence-electron chi connectivity index (χ4n) is 4.32. The van der Waals surface area contributed by atoms with Crippen molar-refractivity contribution in [1.29, 1.82) is 10.5 Å². The van der Waals surface area contributed by atoms with Crippen molar-refractivity contribution in [3.05, 3.63) is 75.6 Å². The summed E-state index contributed by atoms with van der Waals surface area (Å²) < 4.78 is 14.1. The van der Waals surface area contributed by atoms with Gasteiger partial charge in [0.25, 0.3) is 0 Å². The van der Waals surface area contributed by atoms with Gasteiger partial charge in [-0.25, -0.2) is 4.39 Å². The minimum absolute atomic E-state index is 0.194. The molecule has 1 fully saturated rings. The summed E-state index contributed by atoms with van der Waals surface area (Å²) in [7, 11) is 0. The molecule has 1 saturated heterocycles. The standard InChI is InChI=1S/C21H15BrFN3/c1-13-19(15-6-7-18(23)17(22)10-15)26-9-8-14-4-2-3-5-16(14)20(26)21(13,11-24)12-25/h2-10,13,19-20H,1H3. The molecule has 26 heavy (non-hydrogen) atoms. The highest BCUT2D eigenvalue weighted by Crippen LogP contribution is 2.60. The third-order valence-electron chi connectivity index (χ3n) is 5.61. The first-order valence-corrected chi connectivity index (χ1v) is 9.15. The summed E-state index contributed by atoms with van der Waals surface area (Å²) in [6, 6.07) is 16.8. The number of hydrogen-bond acceptors (Lipinski definition) is 3. The molecule has 0 aliphatic carbocycles. The number of nitrogens with zero attached hydrogens (tertiary/aromatic N) is 3. The molecule has 2 aromatic rings. The van der Waals surface area contributed by atoms with Crippen molar-refractivity contribution < 1.29 is 4.39 Å². The summed E-state index contributed by atoms with van der Waals surface area (Å²) in [5.41, 5.74) is 1.70. The zero-order chi connectivity index (χ0) is 18.5. The molecule has 5 heteroatoms. The van der Waals surface area contributed by atoms with Gasteiger partial charge in [-0.1, -0.05) is 37.3 Å². The van der Waals surface area contributed by atoms with Crippen molar-refractivity contribution in [1.82, 2.24) is 4.90 Å². The first-order valence-electron chi connectivity index (χ1n) is 8.35. The molecule has 2 aromatic carbocycles.